The van der Waals surface area contributed by atoms with Gasteiger partial charge in [-0.1, -0.05) is 21.5 Å². The van der Waals surface area contributed by atoms with E-state index in [0.29, 0.717) is 0 Å². The molecule has 1 unspecified atom stereocenters. The van der Waals surface area contributed by atoms with Crippen LogP contribution < -0.4 is 10.8 Å². The minimum Gasteiger partial charge on any atom is -0.399 e. The second-order valence-corrected chi connectivity index (χ2v) is 2.85. The highest BCUT2D eigenvalue weighted by molar-refractivity contribution is 7.13. The third-order valence-electron chi connectivity index (χ3n) is 1.54. The van der Waals surface area contributed by atoms with Crippen molar-refractivity contribution in [3.05, 3.63) is 29.8 Å². The lowest BCUT2D eigenvalue weighted by atomic mass is 10.1. The summed E-state index contributed by atoms with van der Waals surface area (Å²) in [4.78, 5) is 0. The smallest absolute Gasteiger partial charge is 0.0314 e. The molecule has 0 aliphatic carbocycles. The maximum Gasteiger partial charge on any atom is 0.0314 e. The molecule has 0 saturated carbocycles. The zero-order valence-corrected chi connectivity index (χ0v) is 7.53. The fraction of sp³-hybridized carbons (Fsp3) is 0.250. The van der Waals surface area contributed by atoms with E-state index in [1.54, 1.807) is 0 Å². The highest BCUT2D eigenvalue weighted by atomic mass is 31.0. The summed E-state index contributed by atoms with van der Waals surface area (Å²) in [6.07, 6.45) is 1.05. The molecule has 3 N–H and O–H groups in total. The molecule has 0 aliphatic rings. The van der Waals surface area contributed by atoms with Crippen molar-refractivity contribution in [1.29, 1.82) is 0 Å². The minimum absolute atomic E-state index is 0.826. The predicted molar refractivity (Wildman–Crippen MR) is 52.3 cm³/mol. The van der Waals surface area contributed by atoms with Gasteiger partial charge in [-0.25, -0.2) is 0 Å². The van der Waals surface area contributed by atoms with E-state index < -0.39 is 0 Å². The first-order valence-electron chi connectivity index (χ1n) is 3.61. The Morgan fingerprint density at radius 3 is 2.45 bits per heavy atom. The number of rotatable bonds is 3. The fourth-order valence-electron chi connectivity index (χ4n) is 0.901. The molecule has 0 fully saturated rings. The number of benzene rings is 1. The molecule has 0 amide bonds. The highest BCUT2D eigenvalue weighted by Crippen LogP contribution is 2.05. The molecule has 0 saturated heterocycles. The van der Waals surface area contributed by atoms with Crippen LogP contribution in [0.25, 0.3) is 0 Å². The van der Waals surface area contributed by atoms with E-state index >= 15 is 0 Å². The summed E-state index contributed by atoms with van der Waals surface area (Å²) in [7, 11) is 2.48. The number of anilines is 1. The Balaban J connectivity index is 2.52. The van der Waals surface area contributed by atoms with Gasteiger partial charge in [0, 0.05) is 12.2 Å². The van der Waals surface area contributed by atoms with Crippen LogP contribution in [0, 0.1) is 0 Å². The van der Waals surface area contributed by atoms with Gasteiger partial charge < -0.3 is 10.8 Å². The van der Waals surface area contributed by atoms with Crippen LogP contribution in [-0.4, -0.2) is 6.54 Å². The van der Waals surface area contributed by atoms with Gasteiger partial charge in [-0.3, -0.25) is 0 Å². The molecule has 2 nitrogen and oxygen atoms in total. The molecular formula is C8H13N2P. The van der Waals surface area contributed by atoms with Crippen molar-refractivity contribution in [3.63, 3.8) is 0 Å². The van der Waals surface area contributed by atoms with E-state index in [1.807, 2.05) is 12.1 Å². The van der Waals surface area contributed by atoms with Gasteiger partial charge in [0.25, 0.3) is 0 Å². The molecule has 1 aromatic rings. The summed E-state index contributed by atoms with van der Waals surface area (Å²) < 4.78 is 0. The Labute approximate surface area is 69.4 Å². The first-order valence-corrected chi connectivity index (χ1v) is 4.18. The van der Waals surface area contributed by atoms with Crippen LogP contribution in [0.3, 0.4) is 0 Å². The molecule has 1 rings (SSSR count). The third kappa shape index (κ3) is 2.87. The van der Waals surface area contributed by atoms with Crippen LogP contribution in [0.5, 0.6) is 0 Å². The molecule has 0 heterocycles. The lowest BCUT2D eigenvalue weighted by Gasteiger charge is -1.99. The first-order chi connectivity index (χ1) is 5.33. The van der Waals surface area contributed by atoms with Crippen molar-refractivity contribution in [2.75, 3.05) is 12.3 Å². The van der Waals surface area contributed by atoms with Gasteiger partial charge in [-0.15, -0.1) is 0 Å². The number of hydrogen-bond acceptors (Lipinski definition) is 2. The largest absolute Gasteiger partial charge is 0.399 e. The standard InChI is InChI=1S/C8H13N2P/c9-8-3-1-7(2-4-8)5-6-10-11/h1-4,10H,5-6,9,11H2. The monoisotopic (exact) mass is 168 g/mol. The van der Waals surface area contributed by atoms with Gasteiger partial charge >= 0.3 is 0 Å². The van der Waals surface area contributed by atoms with Crippen molar-refractivity contribution in [3.8, 4) is 0 Å². The van der Waals surface area contributed by atoms with Crippen molar-refractivity contribution in [1.82, 2.24) is 5.09 Å². The molecular weight excluding hydrogens is 155 g/mol. The normalized spacial score (nSPS) is 9.91. The van der Waals surface area contributed by atoms with Crippen molar-refractivity contribution >= 4 is 15.1 Å². The van der Waals surface area contributed by atoms with Crippen LogP contribution in [0.1, 0.15) is 5.56 Å². The van der Waals surface area contributed by atoms with Gasteiger partial charge in [0.1, 0.15) is 0 Å². The predicted octanol–water partition coefficient (Wildman–Crippen LogP) is 1.19. The fourth-order valence-corrected chi connectivity index (χ4v) is 1.05. The molecule has 11 heavy (non-hydrogen) atoms. The molecule has 0 aromatic heterocycles. The van der Waals surface area contributed by atoms with Crippen LogP contribution in [0.4, 0.5) is 5.69 Å². The topological polar surface area (TPSA) is 38.0 Å². The Bertz CT molecular complexity index is 208. The van der Waals surface area contributed by atoms with Gasteiger partial charge in [0.2, 0.25) is 0 Å². The summed E-state index contributed by atoms with van der Waals surface area (Å²) in [5.74, 6) is 0. The van der Waals surface area contributed by atoms with Gasteiger partial charge in [-0.2, -0.15) is 0 Å². The molecule has 0 aliphatic heterocycles. The van der Waals surface area contributed by atoms with Crippen LogP contribution in [0.15, 0.2) is 24.3 Å². The van der Waals surface area contributed by atoms with E-state index in [-0.39, 0.29) is 0 Å². The van der Waals surface area contributed by atoms with E-state index in [9.17, 15) is 0 Å². The third-order valence-corrected chi connectivity index (χ3v) is 1.83. The first kappa shape index (κ1) is 8.51. The average Bonchev–Trinajstić information content (AvgIpc) is 2.04. The summed E-state index contributed by atoms with van der Waals surface area (Å²) in [6, 6.07) is 7.96. The van der Waals surface area contributed by atoms with Crippen molar-refractivity contribution in [2.45, 2.75) is 6.42 Å². The summed E-state index contributed by atoms with van der Waals surface area (Å²) >= 11 is 0. The second-order valence-electron chi connectivity index (χ2n) is 2.45. The Morgan fingerprint density at radius 2 is 1.91 bits per heavy atom. The summed E-state index contributed by atoms with van der Waals surface area (Å²) in [5, 5.41) is 3.02. The Hall–Kier alpha value is -0.590. The molecule has 3 heteroatoms. The zero-order valence-electron chi connectivity index (χ0n) is 6.38. The minimum atomic E-state index is 0.826. The lowest BCUT2D eigenvalue weighted by Crippen LogP contribution is -2.03. The van der Waals surface area contributed by atoms with Crippen molar-refractivity contribution < 1.29 is 0 Å². The van der Waals surface area contributed by atoms with Gasteiger partial charge in [0.15, 0.2) is 0 Å². The van der Waals surface area contributed by atoms with E-state index in [2.05, 4.69) is 26.6 Å². The number of nitrogens with one attached hydrogen (secondary N) is 1. The molecule has 60 valence electrons. The summed E-state index contributed by atoms with van der Waals surface area (Å²) in [6.45, 7) is 0.981. The molecule has 1 aromatic carbocycles. The quantitative estimate of drug-likeness (QED) is 0.525. The Kier molecular flexibility index (Phi) is 3.34. The van der Waals surface area contributed by atoms with Gasteiger partial charge in [-0.05, 0) is 24.1 Å². The molecule has 0 radical (unpaired) electrons. The molecule has 1 atom stereocenters. The van der Waals surface area contributed by atoms with Crippen molar-refractivity contribution in [2.24, 2.45) is 0 Å². The highest BCUT2D eigenvalue weighted by Gasteiger charge is 1.89. The van der Waals surface area contributed by atoms with E-state index in [1.165, 1.54) is 5.56 Å². The van der Waals surface area contributed by atoms with E-state index in [0.717, 1.165) is 18.7 Å². The Morgan fingerprint density at radius 1 is 1.27 bits per heavy atom. The number of nitrogen functional groups attached to an aromatic ring is 1. The second kappa shape index (κ2) is 4.32. The number of nitrogens with two attached hydrogens (primary N) is 1. The van der Waals surface area contributed by atoms with E-state index in [4.69, 9.17) is 5.73 Å². The molecule has 0 bridgehead atoms. The van der Waals surface area contributed by atoms with Gasteiger partial charge in [0.05, 0.1) is 0 Å². The number of hydrogen-bond donors (Lipinski definition) is 2. The van der Waals surface area contributed by atoms with Crippen LogP contribution in [0.2, 0.25) is 0 Å². The maximum atomic E-state index is 5.54. The summed E-state index contributed by atoms with van der Waals surface area (Å²) in [5.41, 5.74) is 7.68. The van der Waals surface area contributed by atoms with Crippen LogP contribution in [-0.2, 0) is 6.42 Å². The van der Waals surface area contributed by atoms with Crippen LogP contribution >= 0.6 is 9.39 Å². The maximum absolute atomic E-state index is 5.54. The SMILES string of the molecule is Nc1ccc(CCNP)cc1. The lowest BCUT2D eigenvalue weighted by molar-refractivity contribution is 0.909. The molecule has 0 spiro atoms. The zero-order chi connectivity index (χ0) is 8.10. The average molecular weight is 168 g/mol.